The summed E-state index contributed by atoms with van der Waals surface area (Å²) in [5.41, 5.74) is 0.206. The van der Waals surface area contributed by atoms with Crippen LogP contribution in [0.2, 0.25) is 0 Å². The van der Waals surface area contributed by atoms with Crippen molar-refractivity contribution >= 4 is 11.8 Å². The lowest BCUT2D eigenvalue weighted by atomic mass is 9.72. The Labute approximate surface area is 139 Å². The van der Waals surface area contributed by atoms with Crippen LogP contribution in [0.4, 0.5) is 0 Å². The maximum atomic E-state index is 12.8. The summed E-state index contributed by atoms with van der Waals surface area (Å²) >= 11 is 0. The second-order valence-corrected chi connectivity index (χ2v) is 8.51. The van der Waals surface area contributed by atoms with E-state index in [2.05, 4.69) is 0 Å². The van der Waals surface area contributed by atoms with Crippen LogP contribution in [0, 0.1) is 11.3 Å². The van der Waals surface area contributed by atoms with Crippen LogP contribution in [0.3, 0.4) is 0 Å². The van der Waals surface area contributed by atoms with Crippen molar-refractivity contribution in [2.24, 2.45) is 11.3 Å². The average molecular weight is 322 g/mol. The van der Waals surface area contributed by atoms with Crippen LogP contribution in [0.15, 0.2) is 0 Å². The molecule has 3 heterocycles. The van der Waals surface area contributed by atoms with Gasteiger partial charge in [0, 0.05) is 44.8 Å². The van der Waals surface area contributed by atoms with E-state index in [1.807, 2.05) is 30.6 Å². The summed E-state index contributed by atoms with van der Waals surface area (Å²) < 4.78 is 5.48. The molecule has 1 spiro atoms. The number of carbonyl (C=O) groups is 2. The largest absolute Gasteiger partial charge is 0.381 e. The van der Waals surface area contributed by atoms with Crippen LogP contribution in [0.25, 0.3) is 0 Å². The summed E-state index contributed by atoms with van der Waals surface area (Å²) in [5, 5.41) is 0. The van der Waals surface area contributed by atoms with E-state index in [1.165, 1.54) is 0 Å². The first kappa shape index (κ1) is 16.7. The molecule has 1 unspecified atom stereocenters. The first-order valence-corrected chi connectivity index (χ1v) is 8.98. The van der Waals surface area contributed by atoms with Crippen molar-refractivity contribution in [3.63, 3.8) is 0 Å². The third kappa shape index (κ3) is 3.39. The van der Waals surface area contributed by atoms with E-state index in [4.69, 9.17) is 4.74 Å². The highest BCUT2D eigenvalue weighted by molar-refractivity contribution is 5.89. The monoisotopic (exact) mass is 322 g/mol. The number of amides is 2. The van der Waals surface area contributed by atoms with Crippen LogP contribution in [0.1, 0.15) is 52.9 Å². The second-order valence-electron chi connectivity index (χ2n) is 8.51. The Morgan fingerprint density at radius 1 is 1.13 bits per heavy atom. The molecule has 0 N–H and O–H groups in total. The van der Waals surface area contributed by atoms with E-state index in [-0.39, 0.29) is 23.3 Å². The van der Waals surface area contributed by atoms with Gasteiger partial charge in [0.1, 0.15) is 0 Å². The summed E-state index contributed by atoms with van der Waals surface area (Å²) in [7, 11) is 0. The third-order valence-electron chi connectivity index (χ3n) is 5.97. The van der Waals surface area contributed by atoms with E-state index >= 15 is 0 Å². The Hall–Kier alpha value is -1.10. The van der Waals surface area contributed by atoms with E-state index in [0.717, 1.165) is 52.0 Å². The first-order chi connectivity index (χ1) is 10.8. The van der Waals surface area contributed by atoms with E-state index in [0.29, 0.717) is 18.4 Å². The number of ether oxygens (including phenoxy) is 1. The highest BCUT2D eigenvalue weighted by Gasteiger charge is 2.43. The minimum Gasteiger partial charge on any atom is -0.381 e. The lowest BCUT2D eigenvalue weighted by Gasteiger charge is -2.44. The zero-order chi connectivity index (χ0) is 16.7. The molecule has 3 saturated heterocycles. The van der Waals surface area contributed by atoms with Gasteiger partial charge in [-0.2, -0.15) is 0 Å². The van der Waals surface area contributed by atoms with Crippen molar-refractivity contribution in [1.82, 2.24) is 9.80 Å². The van der Waals surface area contributed by atoms with Crippen molar-refractivity contribution in [2.75, 3.05) is 32.8 Å². The molecular weight excluding hydrogens is 292 g/mol. The fourth-order valence-electron chi connectivity index (χ4n) is 4.29. The summed E-state index contributed by atoms with van der Waals surface area (Å²) in [6, 6.07) is 0. The molecule has 130 valence electrons. The Morgan fingerprint density at radius 2 is 1.74 bits per heavy atom. The number of hydrogen-bond donors (Lipinski definition) is 0. The predicted molar refractivity (Wildman–Crippen MR) is 87.9 cm³/mol. The van der Waals surface area contributed by atoms with Crippen LogP contribution in [-0.4, -0.2) is 60.0 Å². The van der Waals surface area contributed by atoms with Gasteiger partial charge in [-0.05, 0) is 51.9 Å². The minimum atomic E-state index is -0.194. The number of likely N-dealkylation sites (tertiary alicyclic amines) is 2. The molecule has 3 fully saturated rings. The van der Waals surface area contributed by atoms with Crippen molar-refractivity contribution < 1.29 is 14.3 Å². The highest BCUT2D eigenvalue weighted by atomic mass is 16.5. The summed E-state index contributed by atoms with van der Waals surface area (Å²) in [6.07, 6.45) is 4.83. The van der Waals surface area contributed by atoms with Gasteiger partial charge < -0.3 is 14.5 Å². The van der Waals surface area contributed by atoms with Crippen LogP contribution in [0.5, 0.6) is 0 Å². The second kappa shape index (κ2) is 6.08. The standard InChI is InChI=1S/C18H30N2O3/c1-17(2,3)20-13-14(12-15(20)21)16(22)19-8-4-18(5-9-19)6-10-23-11-7-18/h14H,4-13H2,1-3H3. The van der Waals surface area contributed by atoms with Crippen molar-refractivity contribution in [2.45, 2.75) is 58.4 Å². The molecule has 1 atom stereocenters. The van der Waals surface area contributed by atoms with Gasteiger partial charge in [-0.1, -0.05) is 0 Å². The van der Waals surface area contributed by atoms with Gasteiger partial charge in [0.05, 0.1) is 5.92 Å². The zero-order valence-corrected chi connectivity index (χ0v) is 14.8. The van der Waals surface area contributed by atoms with Gasteiger partial charge in [-0.3, -0.25) is 9.59 Å². The molecule has 0 bridgehead atoms. The summed E-state index contributed by atoms with van der Waals surface area (Å²) in [5.74, 6) is 0.159. The smallest absolute Gasteiger partial charge is 0.227 e. The van der Waals surface area contributed by atoms with E-state index in [9.17, 15) is 9.59 Å². The molecule has 0 radical (unpaired) electrons. The van der Waals surface area contributed by atoms with Crippen LogP contribution >= 0.6 is 0 Å². The van der Waals surface area contributed by atoms with Gasteiger partial charge in [-0.15, -0.1) is 0 Å². The van der Waals surface area contributed by atoms with Crippen LogP contribution in [-0.2, 0) is 14.3 Å². The Kier molecular flexibility index (Phi) is 4.43. The third-order valence-corrected chi connectivity index (χ3v) is 5.97. The quantitative estimate of drug-likeness (QED) is 0.742. The lowest BCUT2D eigenvalue weighted by Crippen LogP contribution is -2.48. The van der Waals surface area contributed by atoms with E-state index in [1.54, 1.807) is 0 Å². The SMILES string of the molecule is CC(C)(C)N1CC(C(=O)N2CCC3(CCOCC3)CC2)CC1=O. The molecule has 3 aliphatic heterocycles. The Bertz CT molecular complexity index is 467. The molecule has 0 aromatic carbocycles. The molecule has 23 heavy (non-hydrogen) atoms. The topological polar surface area (TPSA) is 49.9 Å². The van der Waals surface area contributed by atoms with Crippen molar-refractivity contribution in [1.29, 1.82) is 0 Å². The molecule has 5 nitrogen and oxygen atoms in total. The average Bonchev–Trinajstić information content (AvgIpc) is 2.90. The molecule has 0 aromatic heterocycles. The minimum absolute atomic E-state index is 0.119. The van der Waals surface area contributed by atoms with Gasteiger partial charge in [0.2, 0.25) is 11.8 Å². The fourth-order valence-corrected chi connectivity index (χ4v) is 4.29. The maximum absolute atomic E-state index is 12.8. The summed E-state index contributed by atoms with van der Waals surface area (Å²) in [6.45, 7) is 10.1. The van der Waals surface area contributed by atoms with Gasteiger partial charge in [0.15, 0.2) is 0 Å². The molecule has 3 rings (SSSR count). The number of rotatable bonds is 1. The van der Waals surface area contributed by atoms with Gasteiger partial charge in [0.25, 0.3) is 0 Å². The lowest BCUT2D eigenvalue weighted by molar-refractivity contribution is -0.139. The number of carbonyl (C=O) groups excluding carboxylic acids is 2. The molecule has 0 saturated carbocycles. The molecule has 2 amide bonds. The molecule has 0 aliphatic carbocycles. The fraction of sp³-hybridized carbons (Fsp3) is 0.889. The van der Waals surface area contributed by atoms with Crippen LogP contribution < -0.4 is 0 Å². The van der Waals surface area contributed by atoms with Gasteiger partial charge in [-0.25, -0.2) is 0 Å². The molecule has 5 heteroatoms. The molecular formula is C18H30N2O3. The maximum Gasteiger partial charge on any atom is 0.227 e. The highest BCUT2D eigenvalue weighted by Crippen LogP contribution is 2.41. The predicted octanol–water partition coefficient (Wildman–Crippen LogP) is 2.05. The van der Waals surface area contributed by atoms with E-state index < -0.39 is 0 Å². The normalized spacial score (nSPS) is 28.5. The zero-order valence-electron chi connectivity index (χ0n) is 14.8. The summed E-state index contributed by atoms with van der Waals surface area (Å²) in [4.78, 5) is 28.9. The van der Waals surface area contributed by atoms with Crippen molar-refractivity contribution in [3.05, 3.63) is 0 Å². The first-order valence-electron chi connectivity index (χ1n) is 8.98. The number of piperidine rings is 1. The Morgan fingerprint density at radius 3 is 2.26 bits per heavy atom. The molecule has 0 aromatic rings. The number of hydrogen-bond acceptors (Lipinski definition) is 3. The van der Waals surface area contributed by atoms with Gasteiger partial charge >= 0.3 is 0 Å². The molecule has 3 aliphatic rings. The number of nitrogens with zero attached hydrogens (tertiary/aromatic N) is 2. The van der Waals surface area contributed by atoms with Crippen molar-refractivity contribution in [3.8, 4) is 0 Å². The Balaban J connectivity index is 1.57.